The van der Waals surface area contributed by atoms with Crippen molar-refractivity contribution in [3.05, 3.63) is 0 Å². The minimum Gasteiger partial charge on any atom is 0 e. The molecule has 0 spiro atoms. The number of hydrogen-bond donors (Lipinski definition) is 0. The van der Waals surface area contributed by atoms with Crippen molar-refractivity contribution in [1.29, 1.82) is 0 Å². The maximum atomic E-state index is 0. The molecule has 0 amide bonds. The summed E-state index contributed by atoms with van der Waals surface area (Å²) in [6, 6.07) is 0. The van der Waals surface area contributed by atoms with Gasteiger partial charge in [-0.2, -0.15) is 0 Å². The summed E-state index contributed by atoms with van der Waals surface area (Å²) in [5.74, 6) is 0. The molecule has 0 saturated heterocycles. The van der Waals surface area contributed by atoms with Crippen molar-refractivity contribution >= 4 is 0 Å². The first-order valence-electron chi connectivity index (χ1n) is 0. The molecule has 29 valence electrons. The van der Waals surface area contributed by atoms with E-state index in [1.807, 2.05) is 0 Å². The van der Waals surface area contributed by atoms with Crippen molar-refractivity contribution in [2.45, 2.75) is 0 Å². The van der Waals surface area contributed by atoms with Crippen molar-refractivity contribution in [2.75, 3.05) is 0 Å². The molecule has 0 nitrogen and oxygen atoms in total. The molecule has 0 saturated carbocycles. The Labute approximate surface area is 89.6 Å². The third kappa shape index (κ3) is 8.86. The Kier molecular flexibility index (Phi) is 121. The van der Waals surface area contributed by atoms with E-state index in [0.29, 0.717) is 0 Å². The summed E-state index contributed by atoms with van der Waals surface area (Å²) in [7, 11) is 0. The molecule has 0 aliphatic rings. The summed E-state index contributed by atoms with van der Waals surface area (Å²) < 4.78 is 0. The largest absolute Gasteiger partial charge is 0 e. The van der Waals surface area contributed by atoms with Crippen LogP contribution < -0.4 is 0 Å². The van der Waals surface area contributed by atoms with Crippen LogP contribution in [0.3, 0.4) is 0 Å². The fraction of sp³-hybridized carbons (Fsp3) is 0. The van der Waals surface area contributed by atoms with Crippen LogP contribution in [0.15, 0.2) is 0 Å². The Morgan fingerprint density at radius 1 is 1.00 bits per heavy atom. The zero-order valence-electron chi connectivity index (χ0n) is 1.55. The van der Waals surface area contributed by atoms with Gasteiger partial charge in [-0.15, -0.1) is 0 Å². The van der Waals surface area contributed by atoms with Gasteiger partial charge >= 0.3 is 0 Å². The van der Waals surface area contributed by atoms with Gasteiger partial charge in [-0.3, -0.25) is 0 Å². The van der Waals surface area contributed by atoms with Crippen LogP contribution in [0, 0.1) is 40.8 Å². The fourth-order valence-corrected chi connectivity index (χ4v) is 0. The standard InChI is InChI=1S/Fe.Mn.Nd.Ni. The summed E-state index contributed by atoms with van der Waals surface area (Å²) in [6.45, 7) is 0. The van der Waals surface area contributed by atoms with Crippen LogP contribution in [0.2, 0.25) is 0 Å². The minimum atomic E-state index is 0. The molecule has 0 atom stereocenters. The van der Waals surface area contributed by atoms with Crippen molar-refractivity contribution < 1.29 is 91.5 Å². The van der Waals surface area contributed by atoms with Crippen molar-refractivity contribution in [2.24, 2.45) is 0 Å². The first kappa shape index (κ1) is 28.7. The molecule has 0 aromatic carbocycles. The van der Waals surface area contributed by atoms with Crippen LogP contribution in [-0.4, -0.2) is 0 Å². The summed E-state index contributed by atoms with van der Waals surface area (Å²) in [6.07, 6.45) is 0. The Bertz CT molecular complexity index is 8.00. The van der Waals surface area contributed by atoms with E-state index < -0.39 is 0 Å². The molecule has 0 bridgehead atoms. The van der Waals surface area contributed by atoms with Crippen LogP contribution in [0.4, 0.5) is 0 Å². The molecular formula is FeMnNdNi. The van der Waals surface area contributed by atoms with Crippen LogP contribution in [-0.2, 0) is 50.6 Å². The van der Waals surface area contributed by atoms with E-state index in [0.717, 1.165) is 0 Å². The SMILES string of the molecule is [Fe].[Mn].[Nd].[Ni]. The molecule has 0 aromatic heterocycles. The van der Waals surface area contributed by atoms with E-state index >= 15 is 0 Å². The second-order valence-corrected chi connectivity index (χ2v) is 0. The predicted molar refractivity (Wildman–Crippen MR) is 0 cm³/mol. The summed E-state index contributed by atoms with van der Waals surface area (Å²) >= 11 is 0. The first-order chi connectivity index (χ1) is 0. The molecule has 1 radical (unpaired) electrons. The number of hydrogen-bond acceptors (Lipinski definition) is 0. The van der Waals surface area contributed by atoms with Gasteiger partial charge in [0.25, 0.3) is 0 Å². The molecule has 4 heavy (non-hydrogen) atoms. The summed E-state index contributed by atoms with van der Waals surface area (Å²) in [4.78, 5) is 0. The zero-order valence-corrected chi connectivity index (χ0v) is 8.03. The first-order valence-corrected chi connectivity index (χ1v) is 0. The van der Waals surface area contributed by atoms with Crippen LogP contribution in [0.1, 0.15) is 0 Å². The van der Waals surface area contributed by atoms with Crippen LogP contribution in [0.25, 0.3) is 0 Å². The third-order valence-corrected chi connectivity index (χ3v) is 0. The van der Waals surface area contributed by atoms with Crippen molar-refractivity contribution in [3.63, 3.8) is 0 Å². The Morgan fingerprint density at radius 3 is 1.00 bits per heavy atom. The third-order valence-electron chi connectivity index (χ3n) is 0. The van der Waals surface area contributed by atoms with E-state index in [9.17, 15) is 0 Å². The maximum Gasteiger partial charge on any atom is 0 e. The van der Waals surface area contributed by atoms with Gasteiger partial charge in [0.05, 0.1) is 0 Å². The number of rotatable bonds is 0. The van der Waals surface area contributed by atoms with E-state index in [1.165, 1.54) is 0 Å². The molecule has 0 aliphatic carbocycles. The topological polar surface area (TPSA) is 0 Å². The molecule has 0 aliphatic heterocycles. The minimum absolute atomic E-state index is 0. The van der Waals surface area contributed by atoms with Gasteiger partial charge in [-0.05, 0) is 0 Å². The quantitative estimate of drug-likeness (QED) is 0.552. The second kappa shape index (κ2) is 16.9. The smallest absolute Gasteiger partial charge is 0 e. The molecule has 0 unspecified atom stereocenters. The monoisotopic (exact) mass is 311 g/mol. The van der Waals surface area contributed by atoms with Gasteiger partial charge in [0.1, 0.15) is 0 Å². The fourth-order valence-electron chi connectivity index (χ4n) is 0. The Balaban J connectivity index is 0. The summed E-state index contributed by atoms with van der Waals surface area (Å²) in [5, 5.41) is 0. The van der Waals surface area contributed by atoms with Crippen LogP contribution >= 0.6 is 0 Å². The van der Waals surface area contributed by atoms with Gasteiger partial charge in [0, 0.05) is 91.5 Å². The Hall–Kier alpha value is 2.88. The van der Waals surface area contributed by atoms with E-state index in [2.05, 4.69) is 0 Å². The van der Waals surface area contributed by atoms with Gasteiger partial charge in [0.15, 0.2) is 0 Å². The van der Waals surface area contributed by atoms with Gasteiger partial charge in [-0.25, -0.2) is 0 Å². The Morgan fingerprint density at radius 2 is 1.00 bits per heavy atom. The molecule has 0 N–H and O–H groups in total. The van der Waals surface area contributed by atoms with E-state index in [4.69, 9.17) is 0 Å². The molecule has 0 rings (SSSR count). The molecule has 0 heterocycles. The van der Waals surface area contributed by atoms with Gasteiger partial charge in [-0.1, -0.05) is 0 Å². The van der Waals surface area contributed by atoms with Gasteiger partial charge < -0.3 is 0 Å². The van der Waals surface area contributed by atoms with E-state index in [1.54, 1.807) is 0 Å². The molecule has 0 aromatic rings. The molecular weight excluding hydrogens is 314 g/mol. The van der Waals surface area contributed by atoms with Crippen molar-refractivity contribution in [3.8, 4) is 0 Å². The average molecular weight is 314 g/mol. The zero-order chi connectivity index (χ0) is 0. The predicted octanol–water partition coefficient (Wildman–Crippen LogP) is -0.00750. The maximum absolute atomic E-state index is 0. The second-order valence-electron chi connectivity index (χ2n) is 0. The summed E-state index contributed by atoms with van der Waals surface area (Å²) in [5.41, 5.74) is 0. The van der Waals surface area contributed by atoms with Crippen molar-refractivity contribution in [1.82, 2.24) is 0 Å². The van der Waals surface area contributed by atoms with E-state index in [-0.39, 0.29) is 91.5 Å². The normalized spacial score (nSPS) is 0. The van der Waals surface area contributed by atoms with Gasteiger partial charge in [0.2, 0.25) is 0 Å². The van der Waals surface area contributed by atoms with Crippen LogP contribution in [0.5, 0.6) is 0 Å². The molecule has 0 fully saturated rings. The molecule has 4 heteroatoms. The average Bonchev–Trinajstić information content (AvgIpc) is 0.